The lowest BCUT2D eigenvalue weighted by molar-refractivity contribution is 0.475. The molecule has 4 rings (SSSR count). The van der Waals surface area contributed by atoms with Gasteiger partial charge in [0.05, 0.1) is 5.69 Å². The van der Waals surface area contributed by atoms with E-state index in [1.54, 1.807) is 18.2 Å². The summed E-state index contributed by atoms with van der Waals surface area (Å²) in [4.78, 5) is 12.7. The van der Waals surface area contributed by atoms with E-state index in [4.69, 9.17) is 8.60 Å². The summed E-state index contributed by atoms with van der Waals surface area (Å²) < 4.78 is 62.0. The Bertz CT molecular complexity index is 1610. The van der Waals surface area contributed by atoms with Crippen molar-refractivity contribution in [1.82, 2.24) is 0 Å². The van der Waals surface area contributed by atoms with Gasteiger partial charge in [0, 0.05) is 14.3 Å². The number of nitrogens with zero attached hydrogens (tertiary/aromatic N) is 1. The monoisotopic (exact) mass is 613 g/mol. The molecule has 0 saturated carbocycles. The molecule has 0 atom stereocenters. The third-order valence-electron chi connectivity index (χ3n) is 4.43. The van der Waals surface area contributed by atoms with Crippen LogP contribution in [0.25, 0.3) is 11.0 Å². The van der Waals surface area contributed by atoms with Crippen LogP contribution < -0.4 is 14.1 Å². The van der Waals surface area contributed by atoms with Gasteiger partial charge in [0.1, 0.15) is 10.6 Å². The van der Waals surface area contributed by atoms with Gasteiger partial charge in [0.15, 0.2) is 11.3 Å². The fraction of sp³-hybridized carbons (Fsp3) is 0. The molecule has 1 heterocycles. The minimum atomic E-state index is -4.23. The first-order valence-corrected chi connectivity index (χ1v) is 13.2. The molecule has 0 bridgehead atoms. The molecular formula is C21H13Br2NO7S2. The highest BCUT2D eigenvalue weighted by molar-refractivity contribution is 9.10. The molecule has 3 aromatic carbocycles. The van der Waals surface area contributed by atoms with Crippen molar-refractivity contribution in [3.05, 3.63) is 92.2 Å². The number of fused-ring (bicyclic) bond motifs is 1. The minimum absolute atomic E-state index is 0.1000. The van der Waals surface area contributed by atoms with Crippen LogP contribution in [0.1, 0.15) is 0 Å². The molecule has 0 N–H and O–H groups in total. The van der Waals surface area contributed by atoms with Gasteiger partial charge < -0.3 is 8.60 Å². The highest BCUT2D eigenvalue weighted by atomic mass is 79.9. The molecule has 8 nitrogen and oxygen atoms in total. The zero-order valence-electron chi connectivity index (χ0n) is 16.3. The second kappa shape index (κ2) is 9.29. The fourth-order valence-corrected chi connectivity index (χ4v) is 5.58. The van der Waals surface area contributed by atoms with E-state index in [0.717, 1.165) is 4.31 Å². The van der Waals surface area contributed by atoms with E-state index >= 15 is 0 Å². The summed E-state index contributed by atoms with van der Waals surface area (Å²) in [5.41, 5.74) is -1.17. The van der Waals surface area contributed by atoms with E-state index in [1.165, 1.54) is 54.6 Å². The third-order valence-corrected chi connectivity index (χ3v) is 7.42. The largest absolute Gasteiger partial charge is 0.417 e. The standard InChI is InChI=1S/C21H13Br2NO7S2/c22-14-5-2-7-16(11-14)24(32(26)27)18-10-13-4-1-9-19(20(13)30-21(18)25)31-33(28,29)17-8-3-6-15(23)12-17/h1-12,32H. The van der Waals surface area contributed by atoms with E-state index in [0.29, 0.717) is 8.95 Å². The SMILES string of the molecule is O=c1oc2c(OS(=O)(=O)c3cccc(Br)c3)cccc2cc1N(c1cccc(Br)c1)[SH](=O)=O. The van der Waals surface area contributed by atoms with Gasteiger partial charge >= 0.3 is 15.7 Å². The minimum Gasteiger partial charge on any atom is -0.417 e. The zero-order valence-corrected chi connectivity index (χ0v) is 21.2. The average Bonchev–Trinajstić information content (AvgIpc) is 2.74. The van der Waals surface area contributed by atoms with Crippen molar-refractivity contribution in [3.63, 3.8) is 0 Å². The number of hydrogen-bond donors (Lipinski definition) is 1. The number of benzene rings is 3. The lowest BCUT2D eigenvalue weighted by Crippen LogP contribution is -2.21. The smallest absolute Gasteiger partial charge is 0.361 e. The van der Waals surface area contributed by atoms with Crippen molar-refractivity contribution < 1.29 is 25.4 Å². The molecule has 4 aromatic rings. The van der Waals surface area contributed by atoms with Gasteiger partial charge in [-0.25, -0.2) is 17.5 Å². The Kier molecular flexibility index (Phi) is 6.61. The van der Waals surface area contributed by atoms with Crippen LogP contribution in [0.4, 0.5) is 11.4 Å². The molecule has 1 aromatic heterocycles. The molecule has 0 fully saturated rings. The third kappa shape index (κ3) is 4.98. The van der Waals surface area contributed by atoms with Crippen LogP contribution in [0.15, 0.2) is 95.8 Å². The average molecular weight is 615 g/mol. The maximum Gasteiger partial charge on any atom is 0.361 e. The summed E-state index contributed by atoms with van der Waals surface area (Å²) >= 11 is 6.48. The molecule has 0 spiro atoms. The van der Waals surface area contributed by atoms with Gasteiger partial charge in [-0.3, -0.25) is 0 Å². The molecule has 0 aliphatic rings. The lowest BCUT2D eigenvalue weighted by Gasteiger charge is -2.17. The molecule has 0 radical (unpaired) electrons. The fourth-order valence-electron chi connectivity index (χ4n) is 3.04. The molecule has 0 unspecified atom stereocenters. The van der Waals surface area contributed by atoms with Crippen LogP contribution in [-0.2, 0) is 21.0 Å². The van der Waals surface area contributed by atoms with E-state index in [9.17, 15) is 21.6 Å². The van der Waals surface area contributed by atoms with Gasteiger partial charge in [-0.05, 0) is 48.5 Å². The normalized spacial score (nSPS) is 11.6. The summed E-state index contributed by atoms with van der Waals surface area (Å²) in [6, 6.07) is 18.0. The van der Waals surface area contributed by atoms with Gasteiger partial charge in [0.2, 0.25) is 10.9 Å². The molecule has 0 aliphatic heterocycles. The topological polar surface area (TPSA) is 111 Å². The van der Waals surface area contributed by atoms with E-state index in [2.05, 4.69) is 31.9 Å². The Morgan fingerprint density at radius 1 is 0.879 bits per heavy atom. The van der Waals surface area contributed by atoms with E-state index in [1.807, 2.05) is 0 Å². The number of hydrogen-bond acceptors (Lipinski definition) is 7. The summed E-state index contributed by atoms with van der Waals surface area (Å²) in [6.45, 7) is 0. The van der Waals surface area contributed by atoms with Crippen LogP contribution in [0.3, 0.4) is 0 Å². The van der Waals surface area contributed by atoms with Crippen molar-refractivity contribution in [1.29, 1.82) is 0 Å². The zero-order chi connectivity index (χ0) is 23.8. The van der Waals surface area contributed by atoms with E-state index < -0.39 is 26.6 Å². The second-order valence-electron chi connectivity index (χ2n) is 6.62. The number of para-hydroxylation sites is 1. The van der Waals surface area contributed by atoms with Crippen LogP contribution in [0.2, 0.25) is 0 Å². The van der Waals surface area contributed by atoms with Crippen molar-refractivity contribution in [2.75, 3.05) is 4.31 Å². The van der Waals surface area contributed by atoms with Crippen molar-refractivity contribution in [2.45, 2.75) is 4.90 Å². The molecular weight excluding hydrogens is 602 g/mol. The lowest BCUT2D eigenvalue weighted by atomic mass is 10.2. The summed E-state index contributed by atoms with van der Waals surface area (Å²) in [5, 5.41) is 0.267. The quantitative estimate of drug-likeness (QED) is 0.190. The Hall–Kier alpha value is -2.67. The summed E-state index contributed by atoms with van der Waals surface area (Å²) in [6.07, 6.45) is 0. The first kappa shape index (κ1) is 23.5. The molecule has 170 valence electrons. The number of rotatable bonds is 6. The summed E-state index contributed by atoms with van der Waals surface area (Å²) in [7, 11) is -7.48. The summed E-state index contributed by atoms with van der Waals surface area (Å²) in [5.74, 6) is -0.211. The van der Waals surface area contributed by atoms with Crippen molar-refractivity contribution in [2.24, 2.45) is 0 Å². The number of anilines is 2. The van der Waals surface area contributed by atoms with E-state index in [-0.39, 0.29) is 33.0 Å². The van der Waals surface area contributed by atoms with Gasteiger partial charge in [-0.2, -0.15) is 8.42 Å². The van der Waals surface area contributed by atoms with Crippen molar-refractivity contribution in [3.8, 4) is 5.75 Å². The van der Waals surface area contributed by atoms with Gasteiger partial charge in [-0.15, -0.1) is 0 Å². The number of thiol groups is 1. The van der Waals surface area contributed by atoms with Crippen LogP contribution in [0.5, 0.6) is 5.75 Å². The van der Waals surface area contributed by atoms with Crippen LogP contribution in [-0.4, -0.2) is 16.8 Å². The maximum absolute atomic E-state index is 12.8. The molecule has 0 amide bonds. The van der Waals surface area contributed by atoms with Gasteiger partial charge in [0.25, 0.3) is 0 Å². The molecule has 0 aliphatic carbocycles. The first-order valence-electron chi connectivity index (χ1n) is 9.13. The highest BCUT2D eigenvalue weighted by Gasteiger charge is 2.22. The molecule has 12 heteroatoms. The van der Waals surface area contributed by atoms with Crippen LogP contribution >= 0.6 is 31.9 Å². The predicted molar refractivity (Wildman–Crippen MR) is 131 cm³/mol. The van der Waals surface area contributed by atoms with Crippen LogP contribution in [0, 0.1) is 0 Å². The van der Waals surface area contributed by atoms with Gasteiger partial charge in [-0.1, -0.05) is 56.1 Å². The Morgan fingerprint density at radius 3 is 2.21 bits per heavy atom. The highest BCUT2D eigenvalue weighted by Crippen LogP contribution is 2.32. The first-order chi connectivity index (χ1) is 15.7. The number of halogens is 2. The Balaban J connectivity index is 1.82. The maximum atomic E-state index is 12.8. The Labute approximate surface area is 206 Å². The molecule has 33 heavy (non-hydrogen) atoms. The Morgan fingerprint density at radius 2 is 1.55 bits per heavy atom. The van der Waals surface area contributed by atoms with Crippen molar-refractivity contribution >= 4 is 75.2 Å². The molecule has 0 saturated heterocycles. The predicted octanol–water partition coefficient (Wildman–Crippen LogP) is 4.75. The second-order valence-corrected chi connectivity index (χ2v) is 10.9.